The van der Waals surface area contributed by atoms with E-state index >= 15 is 0 Å². The molecule has 10 heteroatoms. The third-order valence-corrected chi connectivity index (χ3v) is 10.5. The van der Waals surface area contributed by atoms with Crippen molar-refractivity contribution < 1.29 is 37.9 Å². The Bertz CT molecular complexity index is 815. The first-order valence-electron chi connectivity index (χ1n) is 21.5. The third-order valence-electron chi connectivity index (χ3n) is 9.54. The van der Waals surface area contributed by atoms with Gasteiger partial charge in [-0.2, -0.15) is 0 Å². The molecule has 9 nitrogen and oxygen atoms in total. The Hall–Kier alpha value is -0.990. The van der Waals surface area contributed by atoms with E-state index < -0.39 is 26.5 Å². The number of esters is 1. The van der Waals surface area contributed by atoms with Gasteiger partial charge in [-0.15, -0.1) is 0 Å². The molecule has 0 aliphatic carbocycles. The van der Waals surface area contributed by atoms with Crippen LogP contribution in [0.5, 0.6) is 0 Å². The number of carbonyl (C=O) groups excluding carboxylic acids is 2. The van der Waals surface area contributed by atoms with Crippen molar-refractivity contribution in [3.63, 3.8) is 0 Å². The molecule has 0 aliphatic heterocycles. The molecule has 2 atom stereocenters. The van der Waals surface area contributed by atoms with Gasteiger partial charge in [0.25, 0.3) is 0 Å². The number of nitrogens with one attached hydrogen (secondary N) is 1. The van der Waals surface area contributed by atoms with Crippen LogP contribution in [0.1, 0.15) is 219 Å². The summed E-state index contributed by atoms with van der Waals surface area (Å²) in [6.07, 6.45) is 37.9. The number of hydrogen-bond donors (Lipinski definition) is 3. The number of phosphoric acid groups is 1. The second-order valence-electron chi connectivity index (χ2n) is 14.7. The lowest BCUT2D eigenvalue weighted by molar-refractivity contribution is -0.147. The van der Waals surface area contributed by atoms with Gasteiger partial charge in [0.1, 0.15) is 12.7 Å². The summed E-state index contributed by atoms with van der Waals surface area (Å²) in [6.45, 7) is 3.53. The lowest BCUT2D eigenvalue weighted by Gasteiger charge is -2.15. The van der Waals surface area contributed by atoms with Crippen LogP contribution < -0.4 is 5.32 Å². The van der Waals surface area contributed by atoms with E-state index in [1.807, 2.05) is 0 Å². The van der Waals surface area contributed by atoms with Crippen LogP contribution in [0, 0.1) is 0 Å². The van der Waals surface area contributed by atoms with E-state index in [1.165, 1.54) is 154 Å². The molecule has 1 amide bonds. The van der Waals surface area contributed by atoms with Crippen molar-refractivity contribution in [1.82, 2.24) is 5.32 Å². The number of phosphoric ester groups is 1. The van der Waals surface area contributed by atoms with Gasteiger partial charge < -0.3 is 20.1 Å². The summed E-state index contributed by atoms with van der Waals surface area (Å²) in [4.78, 5) is 33.7. The molecule has 0 saturated heterocycles. The molecule has 0 aromatic carbocycles. The Balaban J connectivity index is 3.47. The van der Waals surface area contributed by atoms with E-state index in [4.69, 9.17) is 13.8 Å². The van der Waals surface area contributed by atoms with Gasteiger partial charge in [-0.25, -0.2) is 4.57 Å². The van der Waals surface area contributed by atoms with Crippen LogP contribution in [0.2, 0.25) is 0 Å². The highest BCUT2D eigenvalue weighted by Crippen LogP contribution is 2.42. The molecule has 0 rings (SSSR count). The molecule has 0 aromatic heterocycles. The molecule has 0 fully saturated rings. The Morgan fingerprint density at radius 2 is 0.882 bits per heavy atom. The summed E-state index contributed by atoms with van der Waals surface area (Å²) < 4.78 is 26.7. The number of rotatable bonds is 41. The molecular weight excluding hydrogens is 665 g/mol. The fourth-order valence-electron chi connectivity index (χ4n) is 6.26. The van der Waals surface area contributed by atoms with Gasteiger partial charge in [0, 0.05) is 19.4 Å². The van der Waals surface area contributed by atoms with Gasteiger partial charge >= 0.3 is 13.8 Å². The maximum atomic E-state index is 12.1. The van der Waals surface area contributed by atoms with Crippen molar-refractivity contribution in [1.29, 1.82) is 0 Å². The van der Waals surface area contributed by atoms with Gasteiger partial charge in [0.15, 0.2) is 0 Å². The van der Waals surface area contributed by atoms with Crippen molar-refractivity contribution in [2.45, 2.75) is 225 Å². The normalized spacial score (nSPS) is 13.3. The zero-order valence-corrected chi connectivity index (χ0v) is 34.2. The highest BCUT2D eigenvalue weighted by Gasteiger charge is 2.23. The molecule has 0 aliphatic rings. The van der Waals surface area contributed by atoms with E-state index in [0.29, 0.717) is 6.42 Å². The molecule has 0 aromatic rings. The number of carbonyl (C=O) groups is 2. The smallest absolute Gasteiger partial charge is 0.463 e. The van der Waals surface area contributed by atoms with Gasteiger partial charge in [-0.05, 0) is 12.8 Å². The molecule has 51 heavy (non-hydrogen) atoms. The van der Waals surface area contributed by atoms with E-state index in [9.17, 15) is 24.2 Å². The van der Waals surface area contributed by atoms with Crippen molar-refractivity contribution in [2.75, 3.05) is 26.4 Å². The van der Waals surface area contributed by atoms with Gasteiger partial charge in [0.05, 0.1) is 13.2 Å². The summed E-state index contributed by atoms with van der Waals surface area (Å²) in [6, 6.07) is 0. The number of ether oxygens (including phenoxy) is 1. The highest BCUT2D eigenvalue weighted by atomic mass is 31.2. The monoisotopic (exact) mass is 748 g/mol. The second-order valence-corrected chi connectivity index (χ2v) is 16.1. The Morgan fingerprint density at radius 3 is 1.27 bits per heavy atom. The maximum Gasteiger partial charge on any atom is 0.472 e. The highest BCUT2D eigenvalue weighted by molar-refractivity contribution is 7.47. The third kappa shape index (κ3) is 40.0. The fraction of sp³-hybridized carbons (Fsp3) is 0.951. The maximum absolute atomic E-state index is 12.1. The summed E-state index contributed by atoms with van der Waals surface area (Å²) in [5, 5.41) is 12.6. The summed E-state index contributed by atoms with van der Waals surface area (Å²) in [5.41, 5.74) is 0. The van der Waals surface area contributed by atoms with E-state index in [-0.39, 0.29) is 32.1 Å². The standard InChI is InChI=1S/C41H82NO8P/c1-3-5-7-9-11-12-13-14-15-16-17-18-19-20-21-22-23-24-25-26-28-29-31-33-40(44)42-35-36-49-51(46,47)50-38-39(43)37-48-41(45)34-32-30-27-10-8-6-4-2/h39,43H,3-38H2,1-2H3,(H,42,44)(H,46,47). The number of amides is 1. The quantitative estimate of drug-likeness (QED) is 0.0320. The minimum atomic E-state index is -4.40. The topological polar surface area (TPSA) is 131 Å². The van der Waals surface area contributed by atoms with Crippen LogP contribution in [-0.2, 0) is 27.9 Å². The predicted octanol–water partition coefficient (Wildman–Crippen LogP) is 11.7. The minimum absolute atomic E-state index is 0.0882. The fourth-order valence-corrected chi connectivity index (χ4v) is 7.02. The molecule has 0 spiro atoms. The molecule has 0 bridgehead atoms. The molecule has 0 saturated carbocycles. The lowest BCUT2D eigenvalue weighted by Crippen LogP contribution is -2.27. The number of unbranched alkanes of at least 4 members (excludes halogenated alkanes) is 28. The van der Waals surface area contributed by atoms with Crippen LogP contribution in [0.4, 0.5) is 0 Å². The predicted molar refractivity (Wildman–Crippen MR) is 211 cm³/mol. The van der Waals surface area contributed by atoms with Crippen LogP contribution in [-0.4, -0.2) is 54.3 Å². The van der Waals surface area contributed by atoms with E-state index in [0.717, 1.165) is 38.5 Å². The Kier molecular flexibility index (Phi) is 38.0. The Labute approximate surface area is 314 Å². The average molecular weight is 748 g/mol. The lowest BCUT2D eigenvalue weighted by atomic mass is 10.0. The summed E-state index contributed by atoms with van der Waals surface area (Å²) in [7, 11) is -4.40. The van der Waals surface area contributed by atoms with E-state index in [1.54, 1.807) is 0 Å². The molecule has 0 heterocycles. The largest absolute Gasteiger partial charge is 0.472 e. The van der Waals surface area contributed by atoms with Crippen molar-refractivity contribution in [2.24, 2.45) is 0 Å². The van der Waals surface area contributed by atoms with Crippen molar-refractivity contribution in [3.05, 3.63) is 0 Å². The molecule has 0 radical (unpaired) electrons. The zero-order valence-electron chi connectivity index (χ0n) is 33.3. The zero-order chi connectivity index (χ0) is 37.5. The first kappa shape index (κ1) is 50.0. The van der Waals surface area contributed by atoms with Gasteiger partial charge in [-0.1, -0.05) is 194 Å². The number of aliphatic hydroxyl groups is 1. The minimum Gasteiger partial charge on any atom is -0.463 e. The molecule has 2 unspecified atom stereocenters. The summed E-state index contributed by atoms with van der Waals surface area (Å²) in [5.74, 6) is -0.512. The number of hydrogen-bond acceptors (Lipinski definition) is 7. The average Bonchev–Trinajstić information content (AvgIpc) is 3.11. The Morgan fingerprint density at radius 1 is 0.529 bits per heavy atom. The number of aliphatic hydroxyl groups excluding tert-OH is 1. The van der Waals surface area contributed by atoms with E-state index in [2.05, 4.69) is 19.2 Å². The summed E-state index contributed by atoms with van der Waals surface area (Å²) >= 11 is 0. The van der Waals surface area contributed by atoms with Crippen LogP contribution in [0.15, 0.2) is 0 Å². The van der Waals surface area contributed by atoms with Crippen LogP contribution in [0.25, 0.3) is 0 Å². The first-order valence-corrected chi connectivity index (χ1v) is 23.0. The first-order chi connectivity index (χ1) is 24.8. The SMILES string of the molecule is CCCCCCCCCCCCCCCCCCCCCCCCCC(=O)NCCOP(=O)(O)OCC(O)COC(=O)CCCCCCCCC. The molecule has 304 valence electrons. The van der Waals surface area contributed by atoms with Crippen LogP contribution >= 0.6 is 7.82 Å². The second kappa shape index (κ2) is 38.7. The van der Waals surface area contributed by atoms with Crippen LogP contribution in [0.3, 0.4) is 0 Å². The van der Waals surface area contributed by atoms with Gasteiger partial charge in [-0.3, -0.25) is 18.6 Å². The molecule has 3 N–H and O–H groups in total. The van der Waals surface area contributed by atoms with Gasteiger partial charge in [0.2, 0.25) is 5.91 Å². The van der Waals surface area contributed by atoms with Crippen molar-refractivity contribution in [3.8, 4) is 0 Å². The molecular formula is C41H82NO8P. The van der Waals surface area contributed by atoms with Crippen molar-refractivity contribution >= 4 is 19.7 Å².